The fourth-order valence-electron chi connectivity index (χ4n) is 3.32. The number of fused-ring (bicyclic) bond motifs is 1. The van der Waals surface area contributed by atoms with Gasteiger partial charge in [0, 0.05) is 49.9 Å². The first kappa shape index (κ1) is 15.6. The number of carbonyl (C=O) groups is 1. The van der Waals surface area contributed by atoms with E-state index in [2.05, 4.69) is 21.2 Å². The molecule has 0 N–H and O–H groups in total. The largest absolute Gasteiger partial charge is 0.458 e. The lowest BCUT2D eigenvalue weighted by Crippen LogP contribution is -2.38. The van der Waals surface area contributed by atoms with E-state index >= 15 is 0 Å². The molecule has 0 bridgehead atoms. The molecular formula is C19H20N4O2. The first-order valence-corrected chi connectivity index (χ1v) is 8.50. The fourth-order valence-corrected chi connectivity index (χ4v) is 3.32. The Morgan fingerprint density at radius 3 is 2.72 bits per heavy atom. The summed E-state index contributed by atoms with van der Waals surface area (Å²) in [5.74, 6) is 0.654. The van der Waals surface area contributed by atoms with Crippen LogP contribution < -0.4 is 4.90 Å². The molecule has 6 nitrogen and oxygen atoms in total. The maximum Gasteiger partial charge on any atom is 0.355 e. The second-order valence-electron chi connectivity index (χ2n) is 6.35. The number of hydrogen-bond donors (Lipinski definition) is 0. The summed E-state index contributed by atoms with van der Waals surface area (Å²) in [6.07, 6.45) is 5.16. The van der Waals surface area contributed by atoms with Crippen LogP contribution in [0.5, 0.6) is 0 Å². The van der Waals surface area contributed by atoms with E-state index in [-0.39, 0.29) is 12.1 Å². The van der Waals surface area contributed by atoms with E-state index in [0.717, 1.165) is 42.5 Å². The SMILES string of the molecule is Cn1cccc1C(=O)OC1CCN(c2nncc3ccccc23)CC1. The minimum Gasteiger partial charge on any atom is -0.458 e. The molecule has 3 aromatic rings. The molecule has 128 valence electrons. The van der Waals surface area contributed by atoms with Gasteiger partial charge in [0.2, 0.25) is 0 Å². The second-order valence-corrected chi connectivity index (χ2v) is 6.35. The zero-order valence-electron chi connectivity index (χ0n) is 14.1. The van der Waals surface area contributed by atoms with Crippen molar-refractivity contribution in [2.45, 2.75) is 18.9 Å². The number of nitrogens with zero attached hydrogens (tertiary/aromatic N) is 4. The molecule has 6 heteroatoms. The molecule has 25 heavy (non-hydrogen) atoms. The van der Waals surface area contributed by atoms with E-state index < -0.39 is 0 Å². The van der Waals surface area contributed by atoms with E-state index in [9.17, 15) is 4.79 Å². The number of aryl methyl sites for hydroxylation is 1. The Hall–Kier alpha value is -2.89. The third kappa shape index (κ3) is 3.07. The summed E-state index contributed by atoms with van der Waals surface area (Å²) in [4.78, 5) is 14.5. The number of carbonyl (C=O) groups excluding carboxylic acids is 1. The van der Waals surface area contributed by atoms with Crippen molar-refractivity contribution in [1.29, 1.82) is 0 Å². The summed E-state index contributed by atoms with van der Waals surface area (Å²) < 4.78 is 7.45. The molecule has 1 fully saturated rings. The zero-order valence-corrected chi connectivity index (χ0v) is 14.1. The smallest absolute Gasteiger partial charge is 0.355 e. The Morgan fingerprint density at radius 1 is 1.16 bits per heavy atom. The van der Waals surface area contributed by atoms with Crippen LogP contribution in [-0.4, -0.2) is 39.9 Å². The van der Waals surface area contributed by atoms with Crippen LogP contribution in [-0.2, 0) is 11.8 Å². The Balaban J connectivity index is 1.43. The van der Waals surface area contributed by atoms with Crippen molar-refractivity contribution in [3.63, 3.8) is 0 Å². The molecule has 1 aromatic carbocycles. The first-order chi connectivity index (χ1) is 12.2. The van der Waals surface area contributed by atoms with Gasteiger partial charge in [-0.3, -0.25) is 0 Å². The van der Waals surface area contributed by atoms with Gasteiger partial charge >= 0.3 is 5.97 Å². The Labute approximate surface area is 146 Å². The minimum atomic E-state index is -0.254. The van der Waals surface area contributed by atoms with Crippen LogP contribution in [0.15, 0.2) is 48.8 Å². The van der Waals surface area contributed by atoms with E-state index in [1.54, 1.807) is 16.8 Å². The number of esters is 1. The lowest BCUT2D eigenvalue weighted by Gasteiger charge is -2.32. The lowest BCUT2D eigenvalue weighted by molar-refractivity contribution is 0.0234. The van der Waals surface area contributed by atoms with Crippen molar-refractivity contribution in [2.24, 2.45) is 7.05 Å². The number of rotatable bonds is 3. The zero-order chi connectivity index (χ0) is 17.2. The molecule has 0 aliphatic carbocycles. The molecule has 1 aliphatic heterocycles. The maximum atomic E-state index is 12.2. The standard InChI is InChI=1S/C19H20N4O2/c1-22-10-4-7-17(22)19(24)25-15-8-11-23(12-9-15)18-16-6-3-2-5-14(16)13-20-21-18/h2-7,10,13,15H,8-9,11-12H2,1H3. The van der Waals surface area contributed by atoms with E-state index in [1.807, 2.05) is 37.5 Å². The number of benzene rings is 1. The van der Waals surface area contributed by atoms with Crippen molar-refractivity contribution in [3.05, 3.63) is 54.5 Å². The van der Waals surface area contributed by atoms with Crippen molar-refractivity contribution in [3.8, 4) is 0 Å². The highest BCUT2D eigenvalue weighted by Gasteiger charge is 2.25. The third-order valence-corrected chi connectivity index (χ3v) is 4.72. The average Bonchev–Trinajstić information content (AvgIpc) is 3.08. The van der Waals surface area contributed by atoms with Gasteiger partial charge in [-0.2, -0.15) is 5.10 Å². The van der Waals surface area contributed by atoms with Crippen molar-refractivity contribution >= 4 is 22.6 Å². The second kappa shape index (κ2) is 6.55. The number of piperidine rings is 1. The minimum absolute atomic E-state index is 0.0541. The third-order valence-electron chi connectivity index (χ3n) is 4.72. The summed E-state index contributed by atoms with van der Waals surface area (Å²) in [7, 11) is 1.85. The van der Waals surface area contributed by atoms with Gasteiger partial charge in [-0.15, -0.1) is 5.10 Å². The van der Waals surface area contributed by atoms with Crippen LogP contribution in [0.3, 0.4) is 0 Å². The monoisotopic (exact) mass is 336 g/mol. The van der Waals surface area contributed by atoms with Crippen molar-refractivity contribution in [2.75, 3.05) is 18.0 Å². The highest BCUT2D eigenvalue weighted by molar-refractivity contribution is 5.91. The van der Waals surface area contributed by atoms with E-state index in [1.165, 1.54) is 0 Å². The van der Waals surface area contributed by atoms with Crippen LogP contribution in [0.2, 0.25) is 0 Å². The molecule has 1 aliphatic rings. The maximum absolute atomic E-state index is 12.2. The molecule has 0 spiro atoms. The molecular weight excluding hydrogens is 316 g/mol. The lowest BCUT2D eigenvalue weighted by atomic mass is 10.1. The van der Waals surface area contributed by atoms with Gasteiger partial charge in [-0.05, 0) is 12.1 Å². The normalized spacial score (nSPS) is 15.5. The van der Waals surface area contributed by atoms with Crippen LogP contribution in [0.4, 0.5) is 5.82 Å². The van der Waals surface area contributed by atoms with Gasteiger partial charge in [-0.1, -0.05) is 24.3 Å². The van der Waals surface area contributed by atoms with Gasteiger partial charge in [0.1, 0.15) is 11.8 Å². The van der Waals surface area contributed by atoms with Crippen LogP contribution in [0.25, 0.3) is 10.8 Å². The molecule has 0 unspecified atom stereocenters. The molecule has 0 amide bonds. The highest BCUT2D eigenvalue weighted by atomic mass is 16.5. The summed E-state index contributed by atoms with van der Waals surface area (Å²) in [6.45, 7) is 1.60. The number of aromatic nitrogens is 3. The van der Waals surface area contributed by atoms with E-state index in [4.69, 9.17) is 4.74 Å². The van der Waals surface area contributed by atoms with Crippen LogP contribution in [0, 0.1) is 0 Å². The summed E-state index contributed by atoms with van der Waals surface area (Å²) >= 11 is 0. The van der Waals surface area contributed by atoms with Gasteiger partial charge in [0.15, 0.2) is 5.82 Å². The summed E-state index contributed by atoms with van der Waals surface area (Å²) in [5, 5.41) is 10.6. The van der Waals surface area contributed by atoms with Gasteiger partial charge in [-0.25, -0.2) is 4.79 Å². The predicted octanol–water partition coefficient (Wildman–Crippen LogP) is 2.79. The molecule has 1 saturated heterocycles. The number of hydrogen-bond acceptors (Lipinski definition) is 5. The van der Waals surface area contributed by atoms with Gasteiger partial charge in [0.25, 0.3) is 0 Å². The highest BCUT2D eigenvalue weighted by Crippen LogP contribution is 2.26. The van der Waals surface area contributed by atoms with Crippen LogP contribution in [0.1, 0.15) is 23.3 Å². The van der Waals surface area contributed by atoms with Crippen molar-refractivity contribution < 1.29 is 9.53 Å². The first-order valence-electron chi connectivity index (χ1n) is 8.50. The molecule has 0 radical (unpaired) electrons. The quantitative estimate of drug-likeness (QED) is 0.688. The summed E-state index contributed by atoms with van der Waals surface area (Å²) in [6, 6.07) is 11.8. The Bertz CT molecular complexity index is 892. The molecule has 4 rings (SSSR count). The molecule has 2 aromatic heterocycles. The van der Waals surface area contributed by atoms with Crippen molar-refractivity contribution in [1.82, 2.24) is 14.8 Å². The Kier molecular flexibility index (Phi) is 4.09. The molecule has 0 saturated carbocycles. The van der Waals surface area contributed by atoms with Crippen LogP contribution >= 0.6 is 0 Å². The van der Waals surface area contributed by atoms with Gasteiger partial charge < -0.3 is 14.2 Å². The number of anilines is 1. The predicted molar refractivity (Wildman–Crippen MR) is 95.6 cm³/mol. The van der Waals surface area contributed by atoms with E-state index in [0.29, 0.717) is 5.69 Å². The Morgan fingerprint density at radius 2 is 1.96 bits per heavy atom. The average molecular weight is 336 g/mol. The molecule has 0 atom stereocenters. The molecule has 3 heterocycles. The topological polar surface area (TPSA) is 60.2 Å². The fraction of sp³-hybridized carbons (Fsp3) is 0.316. The van der Waals surface area contributed by atoms with Gasteiger partial charge in [0.05, 0.1) is 6.20 Å². The number of ether oxygens (including phenoxy) is 1. The summed E-state index contributed by atoms with van der Waals surface area (Å²) in [5.41, 5.74) is 0.586.